The number of rotatable bonds is 6. The van der Waals surface area contributed by atoms with Gasteiger partial charge in [-0.3, -0.25) is 4.79 Å². The van der Waals surface area contributed by atoms with Crippen LogP contribution in [0.2, 0.25) is 0 Å². The molecular formula is C11H22ClNO2. The van der Waals surface area contributed by atoms with E-state index < -0.39 is 5.41 Å². The standard InChI is InChI=1S/C11H22ClNO2/c1-5-11(4,6-7-14)13-9(15)10(2,3)8-12/h14H,5-8H2,1-4H3,(H,13,15). The summed E-state index contributed by atoms with van der Waals surface area (Å²) in [5.74, 6) is 0.230. The number of hydrogen-bond acceptors (Lipinski definition) is 2. The topological polar surface area (TPSA) is 49.3 Å². The first kappa shape index (κ1) is 14.7. The number of alkyl halides is 1. The highest BCUT2D eigenvalue weighted by atomic mass is 35.5. The quantitative estimate of drug-likeness (QED) is 0.691. The Balaban J connectivity index is 4.49. The maximum Gasteiger partial charge on any atom is 0.227 e. The number of carbonyl (C=O) groups is 1. The molecule has 0 saturated carbocycles. The SMILES string of the molecule is CCC(C)(CCO)NC(=O)C(C)(C)CCl. The monoisotopic (exact) mass is 235 g/mol. The van der Waals surface area contributed by atoms with Crippen molar-refractivity contribution < 1.29 is 9.90 Å². The average Bonchev–Trinajstić information content (AvgIpc) is 2.18. The zero-order valence-corrected chi connectivity index (χ0v) is 10.8. The third kappa shape index (κ3) is 4.39. The highest BCUT2D eigenvalue weighted by Crippen LogP contribution is 2.21. The molecule has 0 heterocycles. The van der Waals surface area contributed by atoms with Gasteiger partial charge in [-0.25, -0.2) is 0 Å². The summed E-state index contributed by atoms with van der Waals surface area (Å²) < 4.78 is 0. The van der Waals surface area contributed by atoms with E-state index in [-0.39, 0.29) is 23.9 Å². The number of nitrogens with one attached hydrogen (secondary N) is 1. The maximum absolute atomic E-state index is 11.9. The van der Waals surface area contributed by atoms with Crippen LogP contribution in [0.15, 0.2) is 0 Å². The molecule has 1 atom stereocenters. The number of hydrogen-bond donors (Lipinski definition) is 2. The summed E-state index contributed by atoms with van der Waals surface area (Å²) >= 11 is 5.73. The second kappa shape index (κ2) is 5.71. The average molecular weight is 236 g/mol. The van der Waals surface area contributed by atoms with Crippen LogP contribution >= 0.6 is 11.6 Å². The van der Waals surface area contributed by atoms with Gasteiger partial charge in [0.15, 0.2) is 0 Å². The highest BCUT2D eigenvalue weighted by Gasteiger charge is 2.32. The fourth-order valence-corrected chi connectivity index (χ4v) is 1.20. The zero-order chi connectivity index (χ0) is 12.1. The lowest BCUT2D eigenvalue weighted by atomic mass is 9.90. The first-order chi connectivity index (χ1) is 6.81. The van der Waals surface area contributed by atoms with Crippen molar-refractivity contribution >= 4 is 17.5 Å². The van der Waals surface area contributed by atoms with E-state index in [0.717, 1.165) is 6.42 Å². The second-order valence-corrected chi connectivity index (χ2v) is 5.13. The van der Waals surface area contributed by atoms with E-state index in [2.05, 4.69) is 5.32 Å². The Labute approximate surface area is 97.2 Å². The summed E-state index contributed by atoms with van der Waals surface area (Å²) in [6, 6.07) is 0. The molecule has 0 aromatic carbocycles. The smallest absolute Gasteiger partial charge is 0.227 e. The molecule has 0 fully saturated rings. The van der Waals surface area contributed by atoms with E-state index in [9.17, 15) is 4.79 Å². The summed E-state index contributed by atoms with van der Waals surface area (Å²) in [4.78, 5) is 11.9. The van der Waals surface area contributed by atoms with Gasteiger partial charge in [-0.15, -0.1) is 11.6 Å². The van der Waals surface area contributed by atoms with E-state index >= 15 is 0 Å². The van der Waals surface area contributed by atoms with Crippen LogP contribution in [0, 0.1) is 5.41 Å². The summed E-state index contributed by atoms with van der Waals surface area (Å²) in [5.41, 5.74) is -0.900. The molecule has 15 heavy (non-hydrogen) atoms. The van der Waals surface area contributed by atoms with Gasteiger partial charge in [-0.05, 0) is 33.6 Å². The molecule has 0 rings (SSSR count). The van der Waals surface area contributed by atoms with Gasteiger partial charge in [-0.1, -0.05) is 6.92 Å². The summed E-state index contributed by atoms with van der Waals surface area (Å²) in [6.07, 6.45) is 1.35. The van der Waals surface area contributed by atoms with Crippen molar-refractivity contribution in [2.75, 3.05) is 12.5 Å². The van der Waals surface area contributed by atoms with Crippen LogP contribution in [0.5, 0.6) is 0 Å². The molecule has 1 unspecified atom stereocenters. The Hall–Kier alpha value is -0.280. The van der Waals surface area contributed by atoms with Gasteiger partial charge < -0.3 is 10.4 Å². The first-order valence-electron chi connectivity index (χ1n) is 5.31. The van der Waals surface area contributed by atoms with Crippen molar-refractivity contribution in [2.45, 2.75) is 46.1 Å². The van der Waals surface area contributed by atoms with Gasteiger partial charge in [-0.2, -0.15) is 0 Å². The number of amides is 1. The van der Waals surface area contributed by atoms with Crippen molar-refractivity contribution in [1.29, 1.82) is 0 Å². The molecule has 0 aromatic heterocycles. The fraction of sp³-hybridized carbons (Fsp3) is 0.909. The molecular weight excluding hydrogens is 214 g/mol. The predicted molar refractivity (Wildman–Crippen MR) is 63.0 cm³/mol. The zero-order valence-electron chi connectivity index (χ0n) is 10.1. The fourth-order valence-electron chi connectivity index (χ4n) is 1.08. The van der Waals surface area contributed by atoms with E-state index in [1.165, 1.54) is 0 Å². The van der Waals surface area contributed by atoms with Crippen LogP contribution in [0.25, 0.3) is 0 Å². The molecule has 1 amide bonds. The lowest BCUT2D eigenvalue weighted by Crippen LogP contribution is -2.51. The number of aliphatic hydroxyl groups excluding tert-OH is 1. The Morgan fingerprint density at radius 3 is 2.27 bits per heavy atom. The first-order valence-corrected chi connectivity index (χ1v) is 5.84. The van der Waals surface area contributed by atoms with E-state index in [0.29, 0.717) is 6.42 Å². The number of aliphatic hydroxyl groups is 1. The van der Waals surface area contributed by atoms with Crippen LogP contribution < -0.4 is 5.32 Å². The van der Waals surface area contributed by atoms with E-state index in [4.69, 9.17) is 16.7 Å². The predicted octanol–water partition coefficient (Wildman–Crippen LogP) is 1.92. The van der Waals surface area contributed by atoms with Crippen LogP contribution in [-0.2, 0) is 4.79 Å². The van der Waals surface area contributed by atoms with Gasteiger partial charge in [0, 0.05) is 18.0 Å². The molecule has 0 aliphatic heterocycles. The number of halogens is 1. The molecule has 4 heteroatoms. The Morgan fingerprint density at radius 1 is 1.40 bits per heavy atom. The minimum atomic E-state index is -0.562. The van der Waals surface area contributed by atoms with Crippen molar-refractivity contribution in [3.05, 3.63) is 0 Å². The molecule has 3 nitrogen and oxygen atoms in total. The molecule has 0 spiro atoms. The molecule has 0 bridgehead atoms. The Bertz CT molecular complexity index is 219. The Morgan fingerprint density at radius 2 is 1.93 bits per heavy atom. The third-order valence-corrected chi connectivity index (χ3v) is 3.48. The van der Waals surface area contributed by atoms with E-state index in [1.54, 1.807) is 0 Å². The molecule has 0 aliphatic carbocycles. The van der Waals surface area contributed by atoms with Crippen molar-refractivity contribution in [3.63, 3.8) is 0 Å². The molecule has 0 aliphatic rings. The lowest BCUT2D eigenvalue weighted by Gasteiger charge is -2.33. The normalized spacial score (nSPS) is 15.9. The molecule has 0 saturated heterocycles. The van der Waals surface area contributed by atoms with Crippen LogP contribution in [0.3, 0.4) is 0 Å². The molecule has 90 valence electrons. The van der Waals surface area contributed by atoms with Crippen LogP contribution in [0.1, 0.15) is 40.5 Å². The minimum absolute atomic E-state index is 0.0599. The van der Waals surface area contributed by atoms with Crippen LogP contribution in [-0.4, -0.2) is 29.0 Å². The van der Waals surface area contributed by atoms with Crippen molar-refractivity contribution in [2.24, 2.45) is 5.41 Å². The molecule has 0 aromatic rings. The summed E-state index contributed by atoms with van der Waals surface area (Å²) in [5, 5.41) is 11.9. The van der Waals surface area contributed by atoms with Gasteiger partial charge in [0.25, 0.3) is 0 Å². The van der Waals surface area contributed by atoms with Gasteiger partial charge in [0.05, 0.1) is 5.41 Å². The van der Waals surface area contributed by atoms with Crippen molar-refractivity contribution in [1.82, 2.24) is 5.32 Å². The van der Waals surface area contributed by atoms with Gasteiger partial charge in [0.1, 0.15) is 0 Å². The molecule has 2 N–H and O–H groups in total. The minimum Gasteiger partial charge on any atom is -0.396 e. The molecule has 0 radical (unpaired) electrons. The number of carbonyl (C=O) groups excluding carboxylic acids is 1. The third-order valence-electron chi connectivity index (χ3n) is 2.81. The highest BCUT2D eigenvalue weighted by molar-refractivity contribution is 6.19. The summed E-state index contributed by atoms with van der Waals surface area (Å²) in [7, 11) is 0. The Kier molecular flexibility index (Phi) is 5.60. The van der Waals surface area contributed by atoms with Gasteiger partial charge >= 0.3 is 0 Å². The lowest BCUT2D eigenvalue weighted by molar-refractivity contribution is -0.130. The van der Waals surface area contributed by atoms with E-state index in [1.807, 2.05) is 27.7 Å². The second-order valence-electron chi connectivity index (χ2n) is 4.86. The van der Waals surface area contributed by atoms with Crippen LogP contribution in [0.4, 0.5) is 0 Å². The summed E-state index contributed by atoms with van der Waals surface area (Å²) in [6.45, 7) is 7.62. The van der Waals surface area contributed by atoms with Crippen molar-refractivity contribution in [3.8, 4) is 0 Å². The largest absolute Gasteiger partial charge is 0.396 e. The van der Waals surface area contributed by atoms with Gasteiger partial charge in [0.2, 0.25) is 5.91 Å². The maximum atomic E-state index is 11.9.